The van der Waals surface area contributed by atoms with Crippen LogP contribution in [0.2, 0.25) is 0 Å². The zero-order chi connectivity index (χ0) is 16.4. The molecule has 0 aliphatic carbocycles. The van der Waals surface area contributed by atoms with E-state index in [9.17, 15) is 10.1 Å². The molecule has 0 amide bonds. The van der Waals surface area contributed by atoms with E-state index in [-0.39, 0.29) is 11.7 Å². The molecule has 2 atom stereocenters. The van der Waals surface area contributed by atoms with Crippen LogP contribution in [0.3, 0.4) is 0 Å². The van der Waals surface area contributed by atoms with Gasteiger partial charge >= 0.3 is 0 Å². The third-order valence-corrected chi connectivity index (χ3v) is 5.31. The second kappa shape index (κ2) is 6.31. The monoisotopic (exact) mass is 320 g/mol. The fourth-order valence-electron chi connectivity index (χ4n) is 2.92. The fraction of sp³-hybridized carbons (Fsp3) is 0.158. The number of ketones is 1. The van der Waals surface area contributed by atoms with Gasteiger partial charge in [-0.15, -0.1) is 0 Å². The summed E-state index contributed by atoms with van der Waals surface area (Å²) in [6.07, 6.45) is 0. The number of nitriles is 1. The molecule has 2 aromatic rings. The number of allylic oxidation sites excluding steroid dienone is 1. The Balaban J connectivity index is 2.06. The Morgan fingerprint density at radius 3 is 2.43 bits per heavy atom. The molecule has 0 saturated heterocycles. The Bertz CT molecular complexity index is 821. The van der Waals surface area contributed by atoms with E-state index in [1.54, 1.807) is 12.1 Å². The number of carbonyl (C=O) groups excluding carboxylic acids is 1. The van der Waals surface area contributed by atoms with E-state index >= 15 is 0 Å². The summed E-state index contributed by atoms with van der Waals surface area (Å²) in [5, 5.41) is 9.58. The maximum atomic E-state index is 12.9. The zero-order valence-corrected chi connectivity index (χ0v) is 13.5. The minimum atomic E-state index is -0.395. The Morgan fingerprint density at radius 1 is 1.13 bits per heavy atom. The number of aryl methyl sites for hydroxylation is 1. The first-order valence-electron chi connectivity index (χ1n) is 7.34. The van der Waals surface area contributed by atoms with E-state index < -0.39 is 5.25 Å². The fourth-order valence-corrected chi connectivity index (χ4v) is 4.16. The Kier molecular flexibility index (Phi) is 4.22. The third-order valence-electron chi connectivity index (χ3n) is 4.09. The second-order valence-corrected chi connectivity index (χ2v) is 6.68. The molecule has 3 nitrogen and oxygen atoms in total. The largest absolute Gasteiger partial charge is 0.393 e. The number of carbonyl (C=O) groups is 1. The van der Waals surface area contributed by atoms with E-state index in [2.05, 4.69) is 6.07 Å². The molecule has 1 aliphatic heterocycles. The van der Waals surface area contributed by atoms with Gasteiger partial charge in [0.05, 0.1) is 21.9 Å². The second-order valence-electron chi connectivity index (χ2n) is 5.49. The molecule has 1 heterocycles. The van der Waals surface area contributed by atoms with Crippen molar-refractivity contribution in [3.63, 3.8) is 0 Å². The van der Waals surface area contributed by atoms with Crippen LogP contribution in [0.15, 0.2) is 65.2 Å². The van der Waals surface area contributed by atoms with E-state index in [1.165, 1.54) is 11.8 Å². The highest BCUT2D eigenvalue weighted by Gasteiger charge is 2.41. The van der Waals surface area contributed by atoms with Crippen LogP contribution in [-0.4, -0.2) is 11.0 Å². The minimum absolute atomic E-state index is 0.0112. The maximum absolute atomic E-state index is 12.9. The topological polar surface area (TPSA) is 66.9 Å². The molecule has 114 valence electrons. The summed E-state index contributed by atoms with van der Waals surface area (Å²) in [6.45, 7) is 1.99. The lowest BCUT2D eigenvalue weighted by Crippen LogP contribution is -2.23. The summed E-state index contributed by atoms with van der Waals surface area (Å²) in [7, 11) is 0. The van der Waals surface area contributed by atoms with Crippen molar-refractivity contribution in [3.05, 3.63) is 81.9 Å². The Hall–Kier alpha value is -2.51. The van der Waals surface area contributed by atoms with Gasteiger partial charge in [-0.2, -0.15) is 5.26 Å². The van der Waals surface area contributed by atoms with Crippen molar-refractivity contribution in [1.29, 1.82) is 5.26 Å². The van der Waals surface area contributed by atoms with E-state index in [0.717, 1.165) is 11.1 Å². The third kappa shape index (κ3) is 2.76. The van der Waals surface area contributed by atoms with Crippen molar-refractivity contribution in [2.24, 2.45) is 5.73 Å². The van der Waals surface area contributed by atoms with Gasteiger partial charge in [0.2, 0.25) is 0 Å². The number of benzene rings is 2. The summed E-state index contributed by atoms with van der Waals surface area (Å²) in [6, 6.07) is 19.2. The van der Waals surface area contributed by atoms with E-state index in [0.29, 0.717) is 16.2 Å². The molecule has 0 fully saturated rings. The molecule has 4 heteroatoms. The highest BCUT2D eigenvalue weighted by Crippen LogP contribution is 2.47. The standard InChI is InChI=1S/C19H16N2OS/c1-12-7-5-6-10-14(12)16-15(11-20)19(21)23-18(16)17(22)13-8-3-2-4-9-13/h2-10,16,18H,21H2,1H3/t16-,18+/m1/s1. The highest BCUT2D eigenvalue weighted by atomic mass is 32.2. The lowest BCUT2D eigenvalue weighted by Gasteiger charge is -2.20. The van der Waals surface area contributed by atoms with Crippen molar-refractivity contribution >= 4 is 17.5 Å². The van der Waals surface area contributed by atoms with Crippen LogP contribution in [0.5, 0.6) is 0 Å². The number of nitrogens with zero attached hydrogens (tertiary/aromatic N) is 1. The average Bonchev–Trinajstić information content (AvgIpc) is 2.91. The molecule has 1 aliphatic rings. The quantitative estimate of drug-likeness (QED) is 0.874. The summed E-state index contributed by atoms with van der Waals surface area (Å²) < 4.78 is 0. The van der Waals surface area contributed by atoms with Crippen molar-refractivity contribution < 1.29 is 4.79 Å². The highest BCUT2D eigenvalue weighted by molar-refractivity contribution is 8.04. The van der Waals surface area contributed by atoms with Crippen LogP contribution in [0.25, 0.3) is 0 Å². The van der Waals surface area contributed by atoms with Crippen molar-refractivity contribution in [2.75, 3.05) is 0 Å². The summed E-state index contributed by atoms with van der Waals surface area (Å²) in [4.78, 5) is 12.9. The van der Waals surface area contributed by atoms with E-state index in [4.69, 9.17) is 5.73 Å². The zero-order valence-electron chi connectivity index (χ0n) is 12.7. The first-order chi connectivity index (χ1) is 11.1. The number of hydrogen-bond acceptors (Lipinski definition) is 4. The minimum Gasteiger partial charge on any atom is -0.393 e. The van der Waals surface area contributed by atoms with Crippen LogP contribution in [0.1, 0.15) is 27.4 Å². The number of nitrogens with two attached hydrogens (primary N) is 1. The molecule has 2 N–H and O–H groups in total. The number of hydrogen-bond donors (Lipinski definition) is 1. The molecule has 0 spiro atoms. The van der Waals surface area contributed by atoms with Gasteiger partial charge in [0, 0.05) is 11.5 Å². The van der Waals surface area contributed by atoms with Crippen molar-refractivity contribution in [2.45, 2.75) is 18.1 Å². The van der Waals surface area contributed by atoms with E-state index in [1.807, 2.05) is 49.4 Å². The lowest BCUT2D eigenvalue weighted by molar-refractivity contribution is 0.0985. The molecule has 0 saturated carbocycles. The predicted octanol–water partition coefficient (Wildman–Crippen LogP) is 3.77. The van der Waals surface area contributed by atoms with Crippen LogP contribution in [0.4, 0.5) is 0 Å². The first-order valence-corrected chi connectivity index (χ1v) is 8.22. The Labute approximate surface area is 139 Å². The van der Waals surface area contributed by atoms with Crippen LogP contribution < -0.4 is 5.73 Å². The van der Waals surface area contributed by atoms with Gasteiger partial charge in [-0.1, -0.05) is 66.4 Å². The first kappa shape index (κ1) is 15.4. The van der Waals surface area contributed by atoms with Crippen molar-refractivity contribution in [1.82, 2.24) is 0 Å². The SMILES string of the molecule is Cc1ccccc1[C@@H]1C(C#N)=C(N)S[C@@H]1C(=O)c1ccccc1. The van der Waals surface area contributed by atoms with Gasteiger partial charge in [-0.25, -0.2) is 0 Å². The van der Waals surface area contributed by atoms with Crippen molar-refractivity contribution in [3.8, 4) is 6.07 Å². The normalized spacial score (nSPS) is 20.3. The molecule has 0 aromatic heterocycles. The number of Topliss-reactive ketones (excluding diaryl/α,β-unsaturated/α-hetero) is 1. The Morgan fingerprint density at radius 2 is 1.78 bits per heavy atom. The van der Waals surface area contributed by atoms with Crippen LogP contribution >= 0.6 is 11.8 Å². The van der Waals surface area contributed by atoms with Gasteiger partial charge in [-0.05, 0) is 18.1 Å². The number of thioether (sulfide) groups is 1. The molecule has 0 unspecified atom stereocenters. The summed E-state index contributed by atoms with van der Waals surface area (Å²) >= 11 is 1.30. The summed E-state index contributed by atoms with van der Waals surface area (Å²) in [5.41, 5.74) is 9.24. The molecular formula is C19H16N2OS. The summed E-state index contributed by atoms with van der Waals surface area (Å²) in [5.74, 6) is -0.282. The maximum Gasteiger partial charge on any atom is 0.177 e. The molecule has 3 rings (SSSR count). The van der Waals surface area contributed by atoms with Gasteiger partial charge in [0.15, 0.2) is 5.78 Å². The van der Waals surface area contributed by atoms with Gasteiger partial charge in [0.1, 0.15) is 0 Å². The van der Waals surface area contributed by atoms with Gasteiger partial charge in [0.25, 0.3) is 0 Å². The number of rotatable bonds is 3. The van der Waals surface area contributed by atoms with Gasteiger partial charge in [-0.3, -0.25) is 4.79 Å². The predicted molar refractivity (Wildman–Crippen MR) is 92.9 cm³/mol. The molecular weight excluding hydrogens is 304 g/mol. The van der Waals surface area contributed by atoms with Crippen LogP contribution in [-0.2, 0) is 0 Å². The smallest absolute Gasteiger partial charge is 0.177 e. The molecule has 23 heavy (non-hydrogen) atoms. The average molecular weight is 320 g/mol. The molecule has 0 bridgehead atoms. The molecule has 2 aromatic carbocycles. The molecule has 0 radical (unpaired) electrons. The van der Waals surface area contributed by atoms with Crippen LogP contribution in [0, 0.1) is 18.3 Å². The van der Waals surface area contributed by atoms with Gasteiger partial charge < -0.3 is 5.73 Å². The lowest BCUT2D eigenvalue weighted by atomic mass is 9.84.